The summed E-state index contributed by atoms with van der Waals surface area (Å²) < 4.78 is 2.22. The molecule has 0 aliphatic carbocycles. The van der Waals surface area contributed by atoms with E-state index in [1.165, 1.54) is 21.2 Å². The van der Waals surface area contributed by atoms with Gasteiger partial charge in [0.1, 0.15) is 0 Å². The van der Waals surface area contributed by atoms with Gasteiger partial charge in [-0.1, -0.05) is 43.6 Å². The quantitative estimate of drug-likeness (QED) is 0.577. The van der Waals surface area contributed by atoms with Crippen LogP contribution < -0.4 is 5.32 Å². The van der Waals surface area contributed by atoms with Crippen molar-refractivity contribution in [1.29, 1.82) is 0 Å². The van der Waals surface area contributed by atoms with E-state index in [-0.39, 0.29) is 0 Å². The smallest absolute Gasteiger partial charge is 0.0527 e. The SMILES string of the molecule is Brc1ccc2c(c1)Sc1cc(Br)ccc1N2. The van der Waals surface area contributed by atoms with Crippen molar-refractivity contribution in [3.63, 3.8) is 0 Å². The van der Waals surface area contributed by atoms with E-state index in [1.807, 2.05) is 0 Å². The molecule has 4 heteroatoms. The average Bonchev–Trinajstić information content (AvgIpc) is 2.26. The second kappa shape index (κ2) is 4.09. The Labute approximate surface area is 115 Å². The first kappa shape index (κ1) is 10.7. The molecule has 0 fully saturated rings. The van der Waals surface area contributed by atoms with Crippen molar-refractivity contribution in [2.45, 2.75) is 9.79 Å². The molecule has 0 atom stereocenters. The standard InChI is InChI=1S/C12H7Br2NS/c13-7-1-3-9-11(5-7)16-12-6-8(14)2-4-10(12)15-9/h1-6,15H. The Kier molecular flexibility index (Phi) is 2.73. The summed E-state index contributed by atoms with van der Waals surface area (Å²) in [5.41, 5.74) is 2.34. The highest BCUT2D eigenvalue weighted by Gasteiger charge is 2.15. The van der Waals surface area contributed by atoms with Crippen LogP contribution in [0.3, 0.4) is 0 Å². The number of fused-ring (bicyclic) bond motifs is 2. The summed E-state index contributed by atoms with van der Waals surface area (Å²) in [4.78, 5) is 2.50. The molecule has 0 radical (unpaired) electrons. The largest absolute Gasteiger partial charge is 0.354 e. The molecule has 1 nitrogen and oxygen atoms in total. The van der Waals surface area contributed by atoms with E-state index >= 15 is 0 Å². The topological polar surface area (TPSA) is 12.0 Å². The first-order valence-corrected chi connectivity index (χ1v) is 7.16. The summed E-state index contributed by atoms with van der Waals surface area (Å²) in [7, 11) is 0. The molecular weight excluding hydrogens is 350 g/mol. The molecule has 1 aliphatic heterocycles. The van der Waals surface area contributed by atoms with Gasteiger partial charge in [0, 0.05) is 18.7 Å². The van der Waals surface area contributed by atoms with E-state index < -0.39 is 0 Å². The number of nitrogens with one attached hydrogen (secondary N) is 1. The molecule has 1 aliphatic rings. The second-order valence-electron chi connectivity index (χ2n) is 3.51. The van der Waals surface area contributed by atoms with Gasteiger partial charge in [0.2, 0.25) is 0 Å². The van der Waals surface area contributed by atoms with Gasteiger partial charge in [-0.15, -0.1) is 0 Å². The highest BCUT2D eigenvalue weighted by Crippen LogP contribution is 2.45. The molecule has 0 amide bonds. The van der Waals surface area contributed by atoms with Gasteiger partial charge in [-0.2, -0.15) is 0 Å². The van der Waals surface area contributed by atoms with Crippen molar-refractivity contribution in [3.05, 3.63) is 45.3 Å². The maximum atomic E-state index is 3.49. The van der Waals surface area contributed by atoms with E-state index in [0.717, 1.165) is 8.95 Å². The zero-order chi connectivity index (χ0) is 11.1. The summed E-state index contributed by atoms with van der Waals surface area (Å²) in [6, 6.07) is 12.6. The summed E-state index contributed by atoms with van der Waals surface area (Å²) in [6.45, 7) is 0. The third-order valence-electron chi connectivity index (χ3n) is 2.38. The van der Waals surface area contributed by atoms with E-state index in [0.29, 0.717) is 0 Å². The number of halogens is 2. The fourth-order valence-corrected chi connectivity index (χ4v) is 3.72. The van der Waals surface area contributed by atoms with Crippen molar-refractivity contribution in [2.24, 2.45) is 0 Å². The highest BCUT2D eigenvalue weighted by molar-refractivity contribution is 9.10. The fourth-order valence-electron chi connectivity index (χ4n) is 1.63. The molecule has 1 heterocycles. The molecule has 0 saturated carbocycles. The molecule has 2 aromatic rings. The minimum atomic E-state index is 1.11. The van der Waals surface area contributed by atoms with Crippen LogP contribution in [0, 0.1) is 0 Å². The van der Waals surface area contributed by atoms with Crippen molar-refractivity contribution < 1.29 is 0 Å². The van der Waals surface area contributed by atoms with E-state index in [2.05, 4.69) is 73.6 Å². The molecule has 0 aromatic heterocycles. The third-order valence-corrected chi connectivity index (χ3v) is 4.48. The van der Waals surface area contributed by atoms with Gasteiger partial charge in [-0.05, 0) is 36.4 Å². The molecule has 1 N–H and O–H groups in total. The third kappa shape index (κ3) is 1.90. The Morgan fingerprint density at radius 2 is 1.31 bits per heavy atom. The van der Waals surface area contributed by atoms with E-state index in [9.17, 15) is 0 Å². The summed E-state index contributed by atoms with van der Waals surface area (Å²) in [5.74, 6) is 0. The lowest BCUT2D eigenvalue weighted by atomic mass is 10.2. The molecule has 3 rings (SSSR count). The molecule has 16 heavy (non-hydrogen) atoms. The molecular formula is C12H7Br2NS. The minimum absolute atomic E-state index is 1.11. The lowest BCUT2D eigenvalue weighted by Gasteiger charge is -2.20. The zero-order valence-electron chi connectivity index (χ0n) is 8.13. The van der Waals surface area contributed by atoms with Crippen LogP contribution in [0.5, 0.6) is 0 Å². The molecule has 0 unspecified atom stereocenters. The minimum Gasteiger partial charge on any atom is -0.354 e. The number of rotatable bonds is 0. The highest BCUT2D eigenvalue weighted by atomic mass is 79.9. The zero-order valence-corrected chi connectivity index (χ0v) is 12.1. The Morgan fingerprint density at radius 3 is 1.81 bits per heavy atom. The van der Waals surface area contributed by atoms with Crippen LogP contribution >= 0.6 is 43.6 Å². The van der Waals surface area contributed by atoms with Crippen LogP contribution in [-0.4, -0.2) is 0 Å². The normalized spacial score (nSPS) is 12.6. The van der Waals surface area contributed by atoms with Crippen LogP contribution in [0.25, 0.3) is 0 Å². The maximum absolute atomic E-state index is 3.49. The molecule has 0 saturated heterocycles. The van der Waals surface area contributed by atoms with Gasteiger partial charge in [0.25, 0.3) is 0 Å². The monoisotopic (exact) mass is 355 g/mol. The van der Waals surface area contributed by atoms with Crippen molar-refractivity contribution in [1.82, 2.24) is 0 Å². The van der Waals surface area contributed by atoms with Gasteiger partial charge in [0.05, 0.1) is 11.4 Å². The van der Waals surface area contributed by atoms with Gasteiger partial charge >= 0.3 is 0 Å². The van der Waals surface area contributed by atoms with Crippen LogP contribution in [0.1, 0.15) is 0 Å². The number of benzene rings is 2. The van der Waals surface area contributed by atoms with Gasteiger partial charge < -0.3 is 5.32 Å². The van der Waals surface area contributed by atoms with Crippen LogP contribution in [0.4, 0.5) is 11.4 Å². The Hall–Kier alpha value is -0.450. The lowest BCUT2D eigenvalue weighted by molar-refractivity contribution is 1.30. The van der Waals surface area contributed by atoms with Crippen LogP contribution in [0.15, 0.2) is 55.1 Å². The maximum Gasteiger partial charge on any atom is 0.0527 e. The Bertz CT molecular complexity index is 519. The first-order valence-electron chi connectivity index (χ1n) is 4.76. The average molecular weight is 357 g/mol. The van der Waals surface area contributed by atoms with Gasteiger partial charge in [-0.3, -0.25) is 0 Å². The number of hydrogen-bond acceptors (Lipinski definition) is 2. The Morgan fingerprint density at radius 1 is 0.812 bits per heavy atom. The predicted octanol–water partition coefficient (Wildman–Crippen LogP) is 5.42. The fraction of sp³-hybridized carbons (Fsp3) is 0. The summed E-state index contributed by atoms with van der Waals surface area (Å²) in [5, 5.41) is 3.43. The summed E-state index contributed by atoms with van der Waals surface area (Å²) in [6.07, 6.45) is 0. The Balaban J connectivity index is 2.10. The van der Waals surface area contributed by atoms with E-state index in [1.54, 1.807) is 11.8 Å². The van der Waals surface area contributed by atoms with Crippen LogP contribution in [0.2, 0.25) is 0 Å². The van der Waals surface area contributed by atoms with Gasteiger partial charge in [-0.25, -0.2) is 0 Å². The number of anilines is 2. The van der Waals surface area contributed by atoms with Crippen molar-refractivity contribution in [2.75, 3.05) is 5.32 Å². The van der Waals surface area contributed by atoms with E-state index in [4.69, 9.17) is 0 Å². The predicted molar refractivity (Wildman–Crippen MR) is 75.7 cm³/mol. The summed E-state index contributed by atoms with van der Waals surface area (Å²) >= 11 is 8.78. The first-order chi connectivity index (χ1) is 7.72. The molecule has 2 aromatic carbocycles. The molecule has 80 valence electrons. The van der Waals surface area contributed by atoms with Crippen molar-refractivity contribution >= 4 is 55.0 Å². The number of hydrogen-bond donors (Lipinski definition) is 1. The molecule has 0 spiro atoms. The second-order valence-corrected chi connectivity index (χ2v) is 6.42. The van der Waals surface area contributed by atoms with Gasteiger partial charge in [0.15, 0.2) is 0 Å². The van der Waals surface area contributed by atoms with Crippen LogP contribution in [-0.2, 0) is 0 Å². The molecule has 0 bridgehead atoms. The lowest BCUT2D eigenvalue weighted by Crippen LogP contribution is -1.99. The van der Waals surface area contributed by atoms with Crippen molar-refractivity contribution in [3.8, 4) is 0 Å².